The quantitative estimate of drug-likeness (QED) is 0.519. The fraction of sp³-hybridized carbons (Fsp3) is 0. The first-order chi connectivity index (χ1) is 7.63. The van der Waals surface area contributed by atoms with Crippen molar-refractivity contribution < 1.29 is 9.59 Å². The predicted octanol–water partition coefficient (Wildman–Crippen LogP) is 2.14. The van der Waals surface area contributed by atoms with Crippen molar-refractivity contribution in [3.63, 3.8) is 0 Å². The maximum atomic E-state index is 11.5. The van der Waals surface area contributed by atoms with E-state index in [9.17, 15) is 9.59 Å². The monoisotopic (exact) mass is 276 g/mol. The molecule has 1 heterocycles. The number of halogens is 1. The van der Waals surface area contributed by atoms with Crippen molar-refractivity contribution in [1.29, 1.82) is 5.26 Å². The Labute approximate surface area is 99.0 Å². The number of carbonyl (C=O) groups is 2. The molecule has 1 aromatic heterocycles. The summed E-state index contributed by atoms with van der Waals surface area (Å²) in [5, 5.41) is 9.33. The molecule has 5 heteroatoms. The SMILES string of the molecule is N#Cc1ccc2[nH]cc(C(=O)C(=O)Br)c2c1. The van der Waals surface area contributed by atoms with Crippen LogP contribution in [0.2, 0.25) is 0 Å². The van der Waals surface area contributed by atoms with E-state index in [4.69, 9.17) is 5.26 Å². The molecule has 2 aromatic rings. The first-order valence-electron chi connectivity index (χ1n) is 4.39. The highest BCUT2D eigenvalue weighted by atomic mass is 79.9. The second-order valence-electron chi connectivity index (χ2n) is 3.18. The van der Waals surface area contributed by atoms with E-state index in [1.165, 1.54) is 6.20 Å². The van der Waals surface area contributed by atoms with Crippen LogP contribution in [0.25, 0.3) is 10.9 Å². The Kier molecular flexibility index (Phi) is 2.59. The number of hydrogen-bond acceptors (Lipinski definition) is 3. The van der Waals surface area contributed by atoms with E-state index in [0.29, 0.717) is 10.9 Å². The number of benzene rings is 1. The van der Waals surface area contributed by atoms with Gasteiger partial charge in [-0.3, -0.25) is 9.59 Å². The molecule has 0 atom stereocenters. The number of ketones is 1. The van der Waals surface area contributed by atoms with Gasteiger partial charge in [0.15, 0.2) is 0 Å². The van der Waals surface area contributed by atoms with E-state index in [1.54, 1.807) is 18.2 Å². The van der Waals surface area contributed by atoms with Gasteiger partial charge in [0.25, 0.3) is 4.69 Å². The van der Waals surface area contributed by atoms with E-state index < -0.39 is 10.5 Å². The van der Waals surface area contributed by atoms with Crippen LogP contribution in [-0.2, 0) is 4.79 Å². The van der Waals surface area contributed by atoms with Gasteiger partial charge in [-0.05, 0) is 18.2 Å². The van der Waals surface area contributed by atoms with Crippen LogP contribution in [0, 0.1) is 11.3 Å². The fourth-order valence-corrected chi connectivity index (χ4v) is 1.70. The van der Waals surface area contributed by atoms with Crippen LogP contribution in [0.1, 0.15) is 15.9 Å². The number of H-pyrrole nitrogens is 1. The van der Waals surface area contributed by atoms with Crippen LogP contribution in [0.4, 0.5) is 0 Å². The second kappa shape index (κ2) is 3.91. The Morgan fingerprint density at radius 1 is 1.38 bits per heavy atom. The highest BCUT2D eigenvalue weighted by molar-refractivity contribution is 9.19. The summed E-state index contributed by atoms with van der Waals surface area (Å²) in [5.74, 6) is -0.624. The zero-order valence-electron chi connectivity index (χ0n) is 7.95. The van der Waals surface area contributed by atoms with E-state index in [0.717, 1.165) is 5.52 Å². The third-order valence-corrected chi connectivity index (χ3v) is 2.59. The average Bonchev–Trinajstić information content (AvgIpc) is 2.70. The number of rotatable bonds is 2. The van der Waals surface area contributed by atoms with Gasteiger partial charge in [-0.2, -0.15) is 5.26 Å². The minimum absolute atomic E-state index is 0.272. The molecule has 0 amide bonds. The number of nitrogens with one attached hydrogen (secondary N) is 1. The first-order valence-corrected chi connectivity index (χ1v) is 5.18. The van der Waals surface area contributed by atoms with Gasteiger partial charge < -0.3 is 4.98 Å². The van der Waals surface area contributed by atoms with E-state index >= 15 is 0 Å². The third kappa shape index (κ3) is 1.64. The van der Waals surface area contributed by atoms with Gasteiger partial charge in [0.1, 0.15) is 0 Å². The van der Waals surface area contributed by atoms with E-state index in [1.807, 2.05) is 6.07 Å². The molecule has 1 aromatic carbocycles. The van der Waals surface area contributed by atoms with Crippen molar-refractivity contribution in [3.8, 4) is 6.07 Å². The van der Waals surface area contributed by atoms with Crippen molar-refractivity contribution in [1.82, 2.24) is 4.98 Å². The third-order valence-electron chi connectivity index (χ3n) is 2.23. The molecule has 0 saturated carbocycles. The maximum Gasteiger partial charge on any atom is 0.268 e. The Morgan fingerprint density at radius 3 is 2.75 bits per heavy atom. The Bertz CT molecular complexity index is 637. The van der Waals surface area contributed by atoms with Gasteiger partial charge in [-0.1, -0.05) is 0 Å². The summed E-state index contributed by atoms with van der Waals surface area (Å²) in [7, 11) is 0. The van der Waals surface area contributed by atoms with Crippen LogP contribution in [-0.4, -0.2) is 15.5 Å². The summed E-state index contributed by atoms with van der Waals surface area (Å²) in [5.41, 5.74) is 1.44. The molecule has 0 aliphatic heterocycles. The van der Waals surface area contributed by atoms with Crippen LogP contribution < -0.4 is 0 Å². The Hall–Kier alpha value is -1.93. The lowest BCUT2D eigenvalue weighted by atomic mass is 10.1. The molecular weight excluding hydrogens is 272 g/mol. The molecule has 4 nitrogen and oxygen atoms in total. The average molecular weight is 277 g/mol. The molecule has 0 spiro atoms. The van der Waals surface area contributed by atoms with E-state index in [2.05, 4.69) is 20.9 Å². The molecule has 0 bridgehead atoms. The minimum atomic E-state index is -0.698. The molecule has 16 heavy (non-hydrogen) atoms. The molecule has 0 radical (unpaired) electrons. The summed E-state index contributed by atoms with van der Waals surface area (Å²) < 4.78 is -0.698. The van der Waals surface area contributed by atoms with Gasteiger partial charge in [0.05, 0.1) is 17.2 Å². The molecule has 0 aliphatic rings. The summed E-state index contributed by atoms with van der Waals surface area (Å²) in [6.45, 7) is 0. The molecule has 0 aliphatic carbocycles. The molecular formula is C11H5BrN2O2. The normalized spacial score (nSPS) is 10.0. The maximum absolute atomic E-state index is 11.5. The van der Waals surface area contributed by atoms with Crippen LogP contribution in [0.5, 0.6) is 0 Å². The highest BCUT2D eigenvalue weighted by Crippen LogP contribution is 2.20. The topological polar surface area (TPSA) is 73.7 Å². The molecule has 78 valence electrons. The smallest absolute Gasteiger partial charge is 0.268 e. The summed E-state index contributed by atoms with van der Waals surface area (Å²) in [6.07, 6.45) is 1.47. The first kappa shape index (κ1) is 10.6. The highest BCUT2D eigenvalue weighted by Gasteiger charge is 2.17. The van der Waals surface area contributed by atoms with Gasteiger partial charge in [-0.15, -0.1) is 0 Å². The van der Waals surface area contributed by atoms with Gasteiger partial charge in [0, 0.05) is 33.0 Å². The number of Topliss-reactive ketones (excluding diaryl/α,β-unsaturated/α-hetero) is 1. The van der Waals surface area contributed by atoms with Crippen LogP contribution >= 0.6 is 15.9 Å². The van der Waals surface area contributed by atoms with Crippen molar-refractivity contribution in [2.75, 3.05) is 0 Å². The molecule has 1 N–H and O–H groups in total. The lowest BCUT2D eigenvalue weighted by Crippen LogP contribution is -2.05. The summed E-state index contributed by atoms with van der Waals surface area (Å²) >= 11 is 2.62. The lowest BCUT2D eigenvalue weighted by Gasteiger charge is -1.94. The largest absolute Gasteiger partial charge is 0.360 e. The van der Waals surface area contributed by atoms with Gasteiger partial charge in [0.2, 0.25) is 5.78 Å². The lowest BCUT2D eigenvalue weighted by molar-refractivity contribution is -0.106. The van der Waals surface area contributed by atoms with Crippen molar-refractivity contribution in [2.24, 2.45) is 0 Å². The number of nitriles is 1. The predicted molar refractivity (Wildman–Crippen MR) is 61.3 cm³/mol. The zero-order valence-corrected chi connectivity index (χ0v) is 9.54. The molecule has 0 fully saturated rings. The Balaban J connectivity index is 2.68. The molecule has 0 unspecified atom stereocenters. The number of carbonyl (C=O) groups excluding carboxylic acids is 2. The standard InChI is InChI=1S/C11H5BrN2O2/c12-11(16)10(15)8-5-14-9-2-1-6(4-13)3-7(8)9/h1-3,5,14H. The van der Waals surface area contributed by atoms with Crippen LogP contribution in [0.15, 0.2) is 24.4 Å². The van der Waals surface area contributed by atoms with E-state index in [-0.39, 0.29) is 5.56 Å². The molecule has 2 rings (SSSR count). The molecule has 0 saturated heterocycles. The summed E-state index contributed by atoms with van der Waals surface area (Å²) in [4.78, 5) is 25.3. The minimum Gasteiger partial charge on any atom is -0.360 e. The van der Waals surface area contributed by atoms with Gasteiger partial charge in [-0.25, -0.2) is 0 Å². The van der Waals surface area contributed by atoms with Crippen molar-refractivity contribution in [3.05, 3.63) is 35.5 Å². The second-order valence-corrected chi connectivity index (χ2v) is 3.90. The number of nitrogens with zero attached hydrogens (tertiary/aromatic N) is 1. The van der Waals surface area contributed by atoms with Gasteiger partial charge >= 0.3 is 0 Å². The van der Waals surface area contributed by atoms with Crippen molar-refractivity contribution in [2.45, 2.75) is 0 Å². The Morgan fingerprint density at radius 2 is 2.12 bits per heavy atom. The number of hydrogen-bond donors (Lipinski definition) is 1. The number of fused-ring (bicyclic) bond motifs is 1. The van der Waals surface area contributed by atoms with Crippen LogP contribution in [0.3, 0.4) is 0 Å². The summed E-state index contributed by atoms with van der Waals surface area (Å²) in [6, 6.07) is 6.90. The number of aromatic amines is 1. The zero-order chi connectivity index (χ0) is 11.7. The number of aromatic nitrogens is 1. The van der Waals surface area contributed by atoms with Crippen molar-refractivity contribution >= 4 is 37.3 Å². The fourth-order valence-electron chi connectivity index (χ4n) is 1.48.